The van der Waals surface area contributed by atoms with Crippen LogP contribution in [0.5, 0.6) is 5.75 Å². The van der Waals surface area contributed by atoms with Crippen LogP contribution in [0.4, 0.5) is 19.1 Å². The van der Waals surface area contributed by atoms with Crippen LogP contribution in [0.2, 0.25) is 0 Å². The number of pyridine rings is 1. The van der Waals surface area contributed by atoms with Crippen molar-refractivity contribution in [2.45, 2.75) is 6.36 Å². The van der Waals surface area contributed by atoms with Crippen molar-refractivity contribution < 1.29 is 37.1 Å². The van der Waals surface area contributed by atoms with Crippen molar-refractivity contribution in [1.82, 2.24) is 10.1 Å². The van der Waals surface area contributed by atoms with Crippen molar-refractivity contribution in [2.75, 3.05) is 5.32 Å². The fourth-order valence-electron chi connectivity index (χ4n) is 2.26. The van der Waals surface area contributed by atoms with E-state index in [9.17, 15) is 27.9 Å². The lowest BCUT2D eigenvalue weighted by molar-refractivity contribution is -0.274. The van der Waals surface area contributed by atoms with Gasteiger partial charge in [-0.1, -0.05) is 5.16 Å². The fraction of sp³-hybridized carbons (Fsp3) is 0.0588. The van der Waals surface area contributed by atoms with Crippen LogP contribution in [0.25, 0.3) is 11.3 Å². The average molecular weight is 393 g/mol. The van der Waals surface area contributed by atoms with Gasteiger partial charge in [-0.25, -0.2) is 4.79 Å². The largest absolute Gasteiger partial charge is 0.573 e. The number of ether oxygens (including phenoxy) is 1. The smallest absolute Gasteiger partial charge is 0.477 e. The number of halogens is 3. The van der Waals surface area contributed by atoms with Crippen LogP contribution in [0.3, 0.4) is 0 Å². The monoisotopic (exact) mass is 393 g/mol. The third-order valence-electron chi connectivity index (χ3n) is 3.44. The molecule has 3 aromatic rings. The van der Waals surface area contributed by atoms with Gasteiger partial charge < -0.3 is 14.4 Å². The summed E-state index contributed by atoms with van der Waals surface area (Å²) in [6.07, 6.45) is -2.00. The van der Waals surface area contributed by atoms with Gasteiger partial charge in [-0.05, 0) is 36.4 Å². The first-order chi connectivity index (χ1) is 13.2. The Kier molecular flexibility index (Phi) is 4.98. The number of alkyl halides is 3. The molecule has 144 valence electrons. The highest BCUT2D eigenvalue weighted by Gasteiger charge is 2.31. The molecule has 11 heteroatoms. The number of benzene rings is 1. The van der Waals surface area contributed by atoms with Crippen molar-refractivity contribution >= 4 is 17.8 Å². The standard InChI is InChI=1S/C17H10F3N3O5/c18-17(19,20)27-11-3-1-10(2-4-11)14(24)22-15-12(16(25)26)13(23-28-15)9-5-7-21-8-6-9/h1-8H,(H,22,24)(H,25,26). The minimum absolute atomic E-state index is 0.0147. The Balaban J connectivity index is 1.83. The topological polar surface area (TPSA) is 115 Å². The van der Waals surface area contributed by atoms with E-state index in [1.54, 1.807) is 0 Å². The quantitative estimate of drug-likeness (QED) is 0.681. The van der Waals surface area contributed by atoms with Crippen LogP contribution < -0.4 is 10.1 Å². The predicted octanol–water partition coefficient (Wildman–Crippen LogP) is 3.59. The van der Waals surface area contributed by atoms with E-state index in [0.29, 0.717) is 5.56 Å². The van der Waals surface area contributed by atoms with Crippen LogP contribution in [0, 0.1) is 0 Å². The first kappa shape index (κ1) is 18.9. The van der Waals surface area contributed by atoms with Crippen molar-refractivity contribution in [3.63, 3.8) is 0 Å². The van der Waals surface area contributed by atoms with Gasteiger partial charge >= 0.3 is 12.3 Å². The molecule has 1 aromatic carbocycles. The molecule has 0 atom stereocenters. The number of anilines is 1. The summed E-state index contributed by atoms with van der Waals surface area (Å²) >= 11 is 0. The maximum Gasteiger partial charge on any atom is 0.573 e. The van der Waals surface area contributed by atoms with Crippen molar-refractivity contribution in [3.05, 3.63) is 59.9 Å². The lowest BCUT2D eigenvalue weighted by Crippen LogP contribution is -2.17. The van der Waals surface area contributed by atoms with Crippen LogP contribution in [-0.4, -0.2) is 33.5 Å². The molecule has 0 spiro atoms. The Morgan fingerprint density at radius 2 is 1.71 bits per heavy atom. The summed E-state index contributed by atoms with van der Waals surface area (Å²) in [7, 11) is 0. The van der Waals surface area contributed by atoms with Gasteiger partial charge in [-0.3, -0.25) is 15.1 Å². The van der Waals surface area contributed by atoms with Crippen molar-refractivity contribution in [2.24, 2.45) is 0 Å². The van der Waals surface area contributed by atoms with Crippen LogP contribution in [-0.2, 0) is 0 Å². The van der Waals surface area contributed by atoms with Crippen LogP contribution in [0.15, 0.2) is 53.3 Å². The highest BCUT2D eigenvalue weighted by molar-refractivity contribution is 6.08. The number of hydrogen-bond donors (Lipinski definition) is 2. The summed E-state index contributed by atoms with van der Waals surface area (Å²) in [5, 5.41) is 15.3. The average Bonchev–Trinajstić information content (AvgIpc) is 3.05. The number of hydrogen-bond acceptors (Lipinski definition) is 6. The molecule has 1 amide bonds. The third-order valence-corrected chi connectivity index (χ3v) is 3.44. The molecule has 0 bridgehead atoms. The molecule has 2 heterocycles. The molecule has 0 aliphatic carbocycles. The number of carbonyl (C=O) groups excluding carboxylic acids is 1. The first-order valence-electron chi connectivity index (χ1n) is 7.55. The van der Waals surface area contributed by atoms with Gasteiger partial charge in [0.15, 0.2) is 5.56 Å². The highest BCUT2D eigenvalue weighted by atomic mass is 19.4. The lowest BCUT2D eigenvalue weighted by Gasteiger charge is -2.09. The second-order valence-corrected chi connectivity index (χ2v) is 5.30. The van der Waals surface area contributed by atoms with E-state index in [0.717, 1.165) is 24.3 Å². The molecule has 0 radical (unpaired) electrons. The summed E-state index contributed by atoms with van der Waals surface area (Å²) in [6, 6.07) is 7.07. The number of aromatic carboxylic acids is 1. The number of carboxylic acids is 1. The Bertz CT molecular complexity index is 1000. The Morgan fingerprint density at radius 1 is 1.07 bits per heavy atom. The number of aromatic nitrogens is 2. The normalized spacial score (nSPS) is 11.1. The molecule has 3 rings (SSSR count). The molecule has 0 fully saturated rings. The molecule has 2 N–H and O–H groups in total. The van der Waals surface area contributed by atoms with Gasteiger partial charge in [0.1, 0.15) is 11.4 Å². The summed E-state index contributed by atoms with van der Waals surface area (Å²) in [5.41, 5.74) is -0.0336. The maximum atomic E-state index is 12.3. The molecular formula is C17H10F3N3O5. The molecule has 0 aliphatic heterocycles. The zero-order chi connectivity index (χ0) is 20.3. The number of nitrogens with one attached hydrogen (secondary N) is 1. The van der Waals surface area contributed by atoms with E-state index in [4.69, 9.17) is 4.52 Å². The summed E-state index contributed by atoms with van der Waals surface area (Å²) in [5.74, 6) is -3.12. The van der Waals surface area contributed by atoms with Gasteiger partial charge in [0.25, 0.3) is 5.91 Å². The maximum absolute atomic E-state index is 12.3. The molecular weight excluding hydrogens is 383 g/mol. The highest BCUT2D eigenvalue weighted by Crippen LogP contribution is 2.29. The van der Waals surface area contributed by atoms with Gasteiger partial charge in [0.05, 0.1) is 0 Å². The molecule has 28 heavy (non-hydrogen) atoms. The SMILES string of the molecule is O=C(Nc1onc(-c2ccncc2)c1C(=O)O)c1ccc(OC(F)(F)F)cc1. The molecule has 0 saturated carbocycles. The fourth-order valence-corrected chi connectivity index (χ4v) is 2.26. The Morgan fingerprint density at radius 3 is 2.29 bits per heavy atom. The zero-order valence-corrected chi connectivity index (χ0v) is 13.7. The molecule has 2 aromatic heterocycles. The summed E-state index contributed by atoms with van der Waals surface area (Å²) in [4.78, 5) is 27.7. The van der Waals surface area contributed by atoms with Gasteiger partial charge in [0.2, 0.25) is 5.88 Å². The van der Waals surface area contributed by atoms with Gasteiger partial charge in [0, 0.05) is 23.5 Å². The number of rotatable bonds is 5. The Hall–Kier alpha value is -3.89. The van der Waals surface area contributed by atoms with Crippen LogP contribution >= 0.6 is 0 Å². The second-order valence-electron chi connectivity index (χ2n) is 5.30. The summed E-state index contributed by atoms with van der Waals surface area (Å²) < 4.78 is 45.2. The van der Waals surface area contributed by atoms with Crippen molar-refractivity contribution in [3.8, 4) is 17.0 Å². The van der Waals surface area contributed by atoms with E-state index in [-0.39, 0.29) is 16.8 Å². The van der Waals surface area contributed by atoms with E-state index in [1.165, 1.54) is 24.5 Å². The van der Waals surface area contributed by atoms with E-state index in [1.807, 2.05) is 0 Å². The molecule has 0 aliphatic rings. The zero-order valence-electron chi connectivity index (χ0n) is 13.7. The summed E-state index contributed by atoms with van der Waals surface area (Å²) in [6.45, 7) is 0. The Labute approximate surface area is 154 Å². The van der Waals surface area contributed by atoms with E-state index < -0.39 is 29.9 Å². The van der Waals surface area contributed by atoms with E-state index in [2.05, 4.69) is 20.2 Å². The number of amides is 1. The predicted molar refractivity (Wildman–Crippen MR) is 87.8 cm³/mol. The molecule has 8 nitrogen and oxygen atoms in total. The second kappa shape index (κ2) is 7.39. The minimum Gasteiger partial charge on any atom is -0.477 e. The number of carbonyl (C=O) groups is 2. The van der Waals surface area contributed by atoms with Crippen LogP contribution in [0.1, 0.15) is 20.7 Å². The number of nitrogens with zero attached hydrogens (tertiary/aromatic N) is 2. The minimum atomic E-state index is -4.86. The van der Waals surface area contributed by atoms with Gasteiger partial charge in [-0.2, -0.15) is 0 Å². The third kappa shape index (κ3) is 4.26. The molecule has 0 saturated heterocycles. The molecule has 0 unspecified atom stereocenters. The number of carboxylic acid groups (broad SMARTS) is 1. The lowest BCUT2D eigenvalue weighted by atomic mass is 10.1. The van der Waals surface area contributed by atoms with Gasteiger partial charge in [-0.15, -0.1) is 13.2 Å². The van der Waals surface area contributed by atoms with Crippen molar-refractivity contribution in [1.29, 1.82) is 0 Å². The van der Waals surface area contributed by atoms with E-state index >= 15 is 0 Å². The first-order valence-corrected chi connectivity index (χ1v) is 7.55.